The number of aliphatic hydroxyl groups is 1. The van der Waals surface area contributed by atoms with E-state index in [2.05, 4.69) is 5.32 Å². The maximum atomic E-state index is 13.0. The van der Waals surface area contributed by atoms with Crippen molar-refractivity contribution in [3.63, 3.8) is 0 Å². The van der Waals surface area contributed by atoms with E-state index in [1.807, 2.05) is 0 Å². The number of carbonyl (C=O) groups excluding carboxylic acids is 2. The summed E-state index contributed by atoms with van der Waals surface area (Å²) < 4.78 is 26.0. The number of anilines is 1. The van der Waals surface area contributed by atoms with Crippen LogP contribution >= 0.6 is 0 Å². The number of halogens is 2. The first-order chi connectivity index (χ1) is 9.86. The van der Waals surface area contributed by atoms with Gasteiger partial charge in [0.15, 0.2) is 0 Å². The fourth-order valence-electron chi connectivity index (χ4n) is 2.32. The first-order valence-corrected chi connectivity index (χ1v) is 6.61. The highest BCUT2D eigenvalue weighted by Gasteiger charge is 2.32. The Morgan fingerprint density at radius 3 is 2.48 bits per heavy atom. The first-order valence-electron chi connectivity index (χ1n) is 6.61. The molecule has 2 amide bonds. The van der Waals surface area contributed by atoms with Gasteiger partial charge < -0.3 is 15.3 Å². The molecular weight excluding hydrogens is 282 g/mol. The maximum absolute atomic E-state index is 13.0. The molecule has 1 aromatic carbocycles. The molecule has 1 aliphatic rings. The summed E-state index contributed by atoms with van der Waals surface area (Å²) in [5.74, 6) is -3.47. The van der Waals surface area contributed by atoms with Gasteiger partial charge in [0.05, 0.1) is 6.10 Å². The summed E-state index contributed by atoms with van der Waals surface area (Å²) in [5, 5.41) is 11.6. The average Bonchev–Trinajstić information content (AvgIpc) is 2.86. The van der Waals surface area contributed by atoms with Gasteiger partial charge in [-0.1, -0.05) is 0 Å². The van der Waals surface area contributed by atoms with Gasteiger partial charge in [-0.15, -0.1) is 0 Å². The Morgan fingerprint density at radius 1 is 1.33 bits per heavy atom. The summed E-state index contributed by atoms with van der Waals surface area (Å²) in [7, 11) is 0. The van der Waals surface area contributed by atoms with Gasteiger partial charge in [0.1, 0.15) is 11.6 Å². The zero-order chi connectivity index (χ0) is 15.6. The lowest BCUT2D eigenvalue weighted by molar-refractivity contribution is -0.142. The highest BCUT2D eigenvalue weighted by Crippen LogP contribution is 2.20. The van der Waals surface area contributed by atoms with Crippen molar-refractivity contribution in [3.05, 3.63) is 29.8 Å². The van der Waals surface area contributed by atoms with Crippen LogP contribution in [0, 0.1) is 17.6 Å². The van der Waals surface area contributed by atoms with Crippen LogP contribution in [-0.4, -0.2) is 41.0 Å². The van der Waals surface area contributed by atoms with Crippen molar-refractivity contribution in [1.29, 1.82) is 0 Å². The van der Waals surface area contributed by atoms with Crippen LogP contribution in [0.2, 0.25) is 0 Å². The summed E-state index contributed by atoms with van der Waals surface area (Å²) in [6, 6.07) is 2.53. The molecule has 2 rings (SSSR count). The molecule has 21 heavy (non-hydrogen) atoms. The number of aliphatic hydroxyl groups excluding tert-OH is 1. The molecule has 2 N–H and O–H groups in total. The molecule has 1 heterocycles. The molecule has 2 unspecified atom stereocenters. The summed E-state index contributed by atoms with van der Waals surface area (Å²) in [4.78, 5) is 25.0. The Morgan fingerprint density at radius 2 is 1.95 bits per heavy atom. The van der Waals surface area contributed by atoms with Crippen LogP contribution in [0.3, 0.4) is 0 Å². The lowest BCUT2D eigenvalue weighted by atomic mass is 10.0. The predicted octanol–water partition coefficient (Wildman–Crippen LogP) is 1.13. The third-order valence-corrected chi connectivity index (χ3v) is 3.51. The molecule has 0 saturated carbocycles. The van der Waals surface area contributed by atoms with Crippen molar-refractivity contribution in [2.24, 2.45) is 5.92 Å². The summed E-state index contributed by atoms with van der Waals surface area (Å²) in [6.45, 7) is 2.30. The highest BCUT2D eigenvalue weighted by molar-refractivity contribution is 6.39. The van der Waals surface area contributed by atoms with Gasteiger partial charge in [-0.05, 0) is 25.5 Å². The van der Waals surface area contributed by atoms with E-state index in [4.69, 9.17) is 0 Å². The van der Waals surface area contributed by atoms with Crippen LogP contribution in [0.1, 0.15) is 13.3 Å². The number of hydrogen-bond acceptors (Lipinski definition) is 3. The van der Waals surface area contributed by atoms with Crippen molar-refractivity contribution in [2.45, 2.75) is 19.4 Å². The van der Waals surface area contributed by atoms with E-state index >= 15 is 0 Å². The number of rotatable bonds is 2. The van der Waals surface area contributed by atoms with Crippen LogP contribution < -0.4 is 5.32 Å². The molecule has 1 saturated heterocycles. The number of nitrogens with zero attached hydrogens (tertiary/aromatic N) is 1. The van der Waals surface area contributed by atoms with Crippen LogP contribution in [0.15, 0.2) is 18.2 Å². The quantitative estimate of drug-likeness (QED) is 0.804. The number of likely N-dealkylation sites (tertiary alicyclic amines) is 1. The number of amides is 2. The summed E-state index contributed by atoms with van der Waals surface area (Å²) in [5.41, 5.74) is -0.114. The van der Waals surface area contributed by atoms with Gasteiger partial charge >= 0.3 is 11.8 Å². The van der Waals surface area contributed by atoms with Crippen LogP contribution in [0.5, 0.6) is 0 Å². The molecule has 1 aliphatic heterocycles. The second-order valence-corrected chi connectivity index (χ2v) is 5.15. The standard InChI is InChI=1S/C14H16F2N2O3/c1-8(19)9-2-3-18(7-9)14(21)13(20)17-12-5-10(15)4-11(16)6-12/h4-6,8-9,19H,2-3,7H2,1H3,(H,17,20). The lowest BCUT2D eigenvalue weighted by Crippen LogP contribution is -2.38. The molecule has 0 aromatic heterocycles. The Balaban J connectivity index is 1.99. The number of carbonyl (C=O) groups is 2. The normalized spacial score (nSPS) is 19.4. The molecule has 7 heteroatoms. The zero-order valence-electron chi connectivity index (χ0n) is 11.5. The molecule has 2 atom stereocenters. The third-order valence-electron chi connectivity index (χ3n) is 3.51. The molecule has 0 radical (unpaired) electrons. The van der Waals surface area contributed by atoms with E-state index in [-0.39, 0.29) is 11.6 Å². The molecular formula is C14H16F2N2O3. The SMILES string of the molecule is CC(O)C1CCN(C(=O)C(=O)Nc2cc(F)cc(F)c2)C1. The lowest BCUT2D eigenvalue weighted by Gasteiger charge is -2.17. The minimum absolute atomic E-state index is 0.0617. The fourth-order valence-corrected chi connectivity index (χ4v) is 2.32. The largest absolute Gasteiger partial charge is 0.393 e. The smallest absolute Gasteiger partial charge is 0.313 e. The maximum Gasteiger partial charge on any atom is 0.313 e. The minimum atomic E-state index is -0.953. The Labute approximate surface area is 120 Å². The van der Waals surface area contributed by atoms with E-state index in [9.17, 15) is 23.5 Å². The van der Waals surface area contributed by atoms with E-state index in [1.165, 1.54) is 4.90 Å². The molecule has 0 spiro atoms. The minimum Gasteiger partial charge on any atom is -0.393 e. The Bertz CT molecular complexity index is 543. The Hall–Kier alpha value is -2.02. The van der Waals surface area contributed by atoms with Crippen molar-refractivity contribution in [1.82, 2.24) is 4.90 Å². The second-order valence-electron chi connectivity index (χ2n) is 5.15. The molecule has 114 valence electrons. The first kappa shape index (κ1) is 15.4. The van der Waals surface area contributed by atoms with E-state index < -0.39 is 29.6 Å². The Kier molecular flexibility index (Phi) is 4.52. The highest BCUT2D eigenvalue weighted by atomic mass is 19.1. The van der Waals surface area contributed by atoms with Crippen molar-refractivity contribution < 1.29 is 23.5 Å². The van der Waals surface area contributed by atoms with E-state index in [0.717, 1.165) is 12.1 Å². The zero-order valence-corrected chi connectivity index (χ0v) is 11.5. The number of hydrogen-bond donors (Lipinski definition) is 2. The number of benzene rings is 1. The molecule has 1 fully saturated rings. The number of nitrogens with one attached hydrogen (secondary N) is 1. The summed E-state index contributed by atoms with van der Waals surface area (Å²) in [6.07, 6.45) is 0.0637. The van der Waals surface area contributed by atoms with Crippen LogP contribution in [0.4, 0.5) is 14.5 Å². The average molecular weight is 298 g/mol. The van der Waals surface area contributed by atoms with Gasteiger partial charge in [0, 0.05) is 30.8 Å². The van der Waals surface area contributed by atoms with Crippen molar-refractivity contribution in [2.75, 3.05) is 18.4 Å². The van der Waals surface area contributed by atoms with Gasteiger partial charge in [-0.3, -0.25) is 9.59 Å². The molecule has 0 aliphatic carbocycles. The van der Waals surface area contributed by atoms with Crippen LogP contribution in [-0.2, 0) is 9.59 Å². The fraction of sp³-hybridized carbons (Fsp3) is 0.429. The third kappa shape index (κ3) is 3.75. The van der Waals surface area contributed by atoms with Crippen molar-refractivity contribution >= 4 is 17.5 Å². The van der Waals surface area contributed by atoms with Gasteiger partial charge in [-0.25, -0.2) is 8.78 Å². The molecule has 5 nitrogen and oxygen atoms in total. The van der Waals surface area contributed by atoms with Gasteiger partial charge in [0.25, 0.3) is 0 Å². The van der Waals surface area contributed by atoms with Gasteiger partial charge in [-0.2, -0.15) is 0 Å². The topological polar surface area (TPSA) is 69.6 Å². The van der Waals surface area contributed by atoms with E-state index in [0.29, 0.717) is 25.6 Å². The molecule has 1 aromatic rings. The summed E-state index contributed by atoms with van der Waals surface area (Å²) >= 11 is 0. The van der Waals surface area contributed by atoms with E-state index in [1.54, 1.807) is 6.92 Å². The second kappa shape index (κ2) is 6.17. The predicted molar refractivity (Wildman–Crippen MR) is 71.4 cm³/mol. The van der Waals surface area contributed by atoms with Crippen LogP contribution in [0.25, 0.3) is 0 Å². The monoisotopic (exact) mass is 298 g/mol. The van der Waals surface area contributed by atoms with Crippen molar-refractivity contribution in [3.8, 4) is 0 Å². The molecule has 0 bridgehead atoms. The van der Waals surface area contributed by atoms with Gasteiger partial charge in [0.2, 0.25) is 0 Å².